The number of carbonyl (C=O) groups is 2. The second-order valence-corrected chi connectivity index (χ2v) is 10.4. The van der Waals surface area contributed by atoms with Crippen molar-refractivity contribution in [3.63, 3.8) is 0 Å². The lowest BCUT2D eigenvalue weighted by Gasteiger charge is -2.44. The summed E-state index contributed by atoms with van der Waals surface area (Å²) >= 11 is 1.62. The number of nitrogens with zero attached hydrogens (tertiary/aromatic N) is 1. The molecule has 1 aromatic heterocycles. The zero-order valence-electron chi connectivity index (χ0n) is 20.7. The SMILES string of the molecule is COc1ccc(CCNC(=O)[C@H]2c3ccccc3C(=O)N(C3CCCC3)[C@H]2c2cccs2)cc1OC. The first-order chi connectivity index (χ1) is 17.6. The summed E-state index contributed by atoms with van der Waals surface area (Å²) in [5.41, 5.74) is 2.52. The number of rotatable bonds is 8. The molecule has 1 aliphatic heterocycles. The Morgan fingerprint density at radius 2 is 1.81 bits per heavy atom. The van der Waals surface area contributed by atoms with Crippen LogP contribution in [-0.2, 0) is 11.2 Å². The number of amides is 2. The lowest BCUT2D eigenvalue weighted by atomic mass is 9.80. The van der Waals surface area contributed by atoms with Crippen LogP contribution in [-0.4, -0.2) is 43.5 Å². The number of hydrogen-bond donors (Lipinski definition) is 1. The number of ether oxygens (including phenoxy) is 2. The van der Waals surface area contributed by atoms with Gasteiger partial charge < -0.3 is 19.7 Å². The zero-order chi connectivity index (χ0) is 25.1. The van der Waals surface area contributed by atoms with E-state index >= 15 is 0 Å². The lowest BCUT2D eigenvalue weighted by molar-refractivity contribution is -0.124. The molecule has 7 heteroatoms. The number of hydrogen-bond acceptors (Lipinski definition) is 5. The molecule has 1 fully saturated rings. The van der Waals surface area contributed by atoms with E-state index < -0.39 is 5.92 Å². The Balaban J connectivity index is 1.43. The molecule has 1 N–H and O–H groups in total. The fourth-order valence-electron chi connectivity index (χ4n) is 5.66. The molecule has 0 saturated heterocycles. The largest absolute Gasteiger partial charge is 0.493 e. The first kappa shape index (κ1) is 24.4. The molecule has 36 heavy (non-hydrogen) atoms. The van der Waals surface area contributed by atoms with Crippen LogP contribution in [0.25, 0.3) is 0 Å². The Bertz CT molecular complexity index is 1220. The number of carbonyl (C=O) groups excluding carboxylic acids is 2. The van der Waals surface area contributed by atoms with Crippen molar-refractivity contribution in [1.29, 1.82) is 0 Å². The molecule has 1 aliphatic carbocycles. The van der Waals surface area contributed by atoms with Gasteiger partial charge in [-0.25, -0.2) is 0 Å². The van der Waals surface area contributed by atoms with Crippen molar-refractivity contribution in [2.45, 2.75) is 50.1 Å². The van der Waals surface area contributed by atoms with Gasteiger partial charge in [-0.05, 0) is 60.0 Å². The fourth-order valence-corrected chi connectivity index (χ4v) is 6.52. The van der Waals surface area contributed by atoms with Gasteiger partial charge >= 0.3 is 0 Å². The molecular formula is C29H32N2O4S. The van der Waals surface area contributed by atoms with E-state index in [1.165, 1.54) is 0 Å². The molecular weight excluding hydrogens is 472 g/mol. The maximum atomic E-state index is 13.9. The summed E-state index contributed by atoms with van der Waals surface area (Å²) in [7, 11) is 3.23. The highest BCUT2D eigenvalue weighted by atomic mass is 32.1. The second kappa shape index (κ2) is 10.7. The number of nitrogens with one attached hydrogen (secondary N) is 1. The Kier molecular flexibility index (Phi) is 7.28. The third kappa shape index (κ3) is 4.60. The van der Waals surface area contributed by atoms with Gasteiger partial charge in [0.15, 0.2) is 11.5 Å². The molecule has 2 atom stereocenters. The van der Waals surface area contributed by atoms with Gasteiger partial charge in [-0.15, -0.1) is 11.3 Å². The van der Waals surface area contributed by atoms with Crippen molar-refractivity contribution in [1.82, 2.24) is 10.2 Å². The molecule has 6 nitrogen and oxygen atoms in total. The molecule has 3 aromatic rings. The highest BCUT2D eigenvalue weighted by molar-refractivity contribution is 7.10. The van der Waals surface area contributed by atoms with Crippen LogP contribution in [0.4, 0.5) is 0 Å². The first-order valence-corrected chi connectivity index (χ1v) is 13.4. The lowest BCUT2D eigenvalue weighted by Crippen LogP contribution is -2.50. The molecule has 0 unspecified atom stereocenters. The van der Waals surface area contributed by atoms with E-state index in [2.05, 4.69) is 11.4 Å². The van der Waals surface area contributed by atoms with Crippen LogP contribution in [0.15, 0.2) is 60.0 Å². The molecule has 0 spiro atoms. The minimum absolute atomic E-state index is 0.0446. The van der Waals surface area contributed by atoms with Gasteiger partial charge in [-0.2, -0.15) is 0 Å². The smallest absolute Gasteiger partial charge is 0.254 e. The maximum absolute atomic E-state index is 13.9. The van der Waals surface area contributed by atoms with Crippen LogP contribution < -0.4 is 14.8 Å². The molecule has 2 heterocycles. The van der Waals surface area contributed by atoms with E-state index in [9.17, 15) is 9.59 Å². The summed E-state index contributed by atoms with van der Waals surface area (Å²) in [6.07, 6.45) is 4.88. The van der Waals surface area contributed by atoms with E-state index in [1.807, 2.05) is 58.8 Å². The van der Waals surface area contributed by atoms with Gasteiger partial charge in [0.25, 0.3) is 5.91 Å². The van der Waals surface area contributed by atoms with E-state index in [0.29, 0.717) is 30.0 Å². The molecule has 1 saturated carbocycles. The van der Waals surface area contributed by atoms with Crippen molar-refractivity contribution in [2.24, 2.45) is 0 Å². The molecule has 0 bridgehead atoms. The normalized spacial score (nSPS) is 19.7. The molecule has 0 radical (unpaired) electrons. The maximum Gasteiger partial charge on any atom is 0.254 e. The van der Waals surface area contributed by atoms with Crippen molar-refractivity contribution < 1.29 is 19.1 Å². The van der Waals surface area contributed by atoms with Crippen molar-refractivity contribution in [2.75, 3.05) is 20.8 Å². The van der Waals surface area contributed by atoms with Crippen LogP contribution in [0.1, 0.15) is 64.0 Å². The second-order valence-electron chi connectivity index (χ2n) is 9.41. The quantitative estimate of drug-likeness (QED) is 0.449. The Morgan fingerprint density at radius 3 is 2.53 bits per heavy atom. The van der Waals surface area contributed by atoms with Crippen molar-refractivity contribution in [3.8, 4) is 11.5 Å². The average Bonchev–Trinajstić information content (AvgIpc) is 3.63. The van der Waals surface area contributed by atoms with Crippen LogP contribution >= 0.6 is 11.3 Å². The molecule has 5 rings (SSSR count). The predicted molar refractivity (Wildman–Crippen MR) is 141 cm³/mol. The van der Waals surface area contributed by atoms with Gasteiger partial charge in [-0.3, -0.25) is 9.59 Å². The number of methoxy groups -OCH3 is 2. The molecule has 2 amide bonds. The fraction of sp³-hybridized carbons (Fsp3) is 0.379. The summed E-state index contributed by atoms with van der Waals surface area (Å²) < 4.78 is 10.7. The summed E-state index contributed by atoms with van der Waals surface area (Å²) in [5, 5.41) is 5.21. The third-order valence-corrected chi connectivity index (χ3v) is 8.32. The average molecular weight is 505 g/mol. The van der Waals surface area contributed by atoms with E-state index in [1.54, 1.807) is 25.6 Å². The van der Waals surface area contributed by atoms with E-state index in [-0.39, 0.29) is 23.9 Å². The van der Waals surface area contributed by atoms with Crippen LogP contribution in [0.3, 0.4) is 0 Å². The minimum atomic E-state index is -0.455. The summed E-state index contributed by atoms with van der Waals surface area (Å²) in [4.78, 5) is 30.7. The Labute approximate surface area is 216 Å². The van der Waals surface area contributed by atoms with Crippen LogP contribution in [0, 0.1) is 0 Å². The minimum Gasteiger partial charge on any atom is -0.493 e. The topological polar surface area (TPSA) is 67.9 Å². The number of fused-ring (bicyclic) bond motifs is 1. The van der Waals surface area contributed by atoms with Gasteiger partial charge in [0, 0.05) is 23.0 Å². The van der Waals surface area contributed by atoms with Gasteiger partial charge in [0.2, 0.25) is 5.91 Å². The summed E-state index contributed by atoms with van der Waals surface area (Å²) in [6.45, 7) is 0.488. The van der Waals surface area contributed by atoms with Crippen LogP contribution in [0.2, 0.25) is 0 Å². The molecule has 2 aliphatic rings. The van der Waals surface area contributed by atoms with Gasteiger partial charge in [0.1, 0.15) is 0 Å². The van der Waals surface area contributed by atoms with Gasteiger partial charge in [0.05, 0.1) is 26.2 Å². The first-order valence-electron chi connectivity index (χ1n) is 12.6. The van der Waals surface area contributed by atoms with Crippen molar-refractivity contribution >= 4 is 23.2 Å². The zero-order valence-corrected chi connectivity index (χ0v) is 21.6. The van der Waals surface area contributed by atoms with Crippen molar-refractivity contribution in [3.05, 3.63) is 81.5 Å². The number of benzene rings is 2. The Hall–Kier alpha value is -3.32. The molecule has 188 valence electrons. The van der Waals surface area contributed by atoms with E-state index in [4.69, 9.17) is 9.47 Å². The highest BCUT2D eigenvalue weighted by Gasteiger charge is 2.47. The van der Waals surface area contributed by atoms with Crippen LogP contribution in [0.5, 0.6) is 11.5 Å². The Morgan fingerprint density at radius 1 is 1.03 bits per heavy atom. The number of thiophene rings is 1. The van der Waals surface area contributed by atoms with Gasteiger partial charge in [-0.1, -0.05) is 43.2 Å². The highest BCUT2D eigenvalue weighted by Crippen LogP contribution is 2.47. The summed E-state index contributed by atoms with van der Waals surface area (Å²) in [6, 6.07) is 17.4. The predicted octanol–water partition coefficient (Wildman–Crippen LogP) is 5.35. The standard InChI is InChI=1S/C29H32N2O4S/c1-34-23-14-13-19(18-24(23)35-2)15-16-30-28(32)26-21-10-5-6-11-22(21)29(33)31(20-8-3-4-9-20)27(26)25-12-7-17-36-25/h5-7,10-14,17-18,20,26-27H,3-4,8-9,15-16H2,1-2H3,(H,30,32)/t26-,27-/m0/s1. The van der Waals surface area contributed by atoms with E-state index in [0.717, 1.165) is 41.7 Å². The third-order valence-electron chi connectivity index (χ3n) is 7.37. The monoisotopic (exact) mass is 504 g/mol. The summed E-state index contributed by atoms with van der Waals surface area (Å²) in [5.74, 6) is 0.899. The molecule has 2 aromatic carbocycles.